The van der Waals surface area contributed by atoms with Crippen molar-refractivity contribution >= 4 is 27.5 Å². The third-order valence-electron chi connectivity index (χ3n) is 4.68. The van der Waals surface area contributed by atoms with Crippen molar-refractivity contribution < 1.29 is 4.79 Å². The highest BCUT2D eigenvalue weighted by Crippen LogP contribution is 2.47. The minimum Gasteiger partial charge on any atom is -0.398 e. The van der Waals surface area contributed by atoms with Crippen LogP contribution in [-0.4, -0.2) is 12.5 Å². The summed E-state index contributed by atoms with van der Waals surface area (Å²) in [6, 6.07) is 5.40. The fourth-order valence-corrected chi connectivity index (χ4v) is 4.12. The van der Waals surface area contributed by atoms with Crippen LogP contribution in [0.5, 0.6) is 0 Å². The number of benzene rings is 1. The SMILES string of the molecule is Nc1cccc(C(=O)NCC2CC3CCC2C3)c1Br. The molecule has 0 spiro atoms. The Labute approximate surface area is 122 Å². The zero-order valence-electron chi connectivity index (χ0n) is 10.9. The molecule has 3 atom stereocenters. The zero-order chi connectivity index (χ0) is 13.4. The van der Waals surface area contributed by atoms with Crippen LogP contribution in [0.15, 0.2) is 22.7 Å². The van der Waals surface area contributed by atoms with E-state index in [0.717, 1.165) is 18.4 Å². The first-order chi connectivity index (χ1) is 9.15. The van der Waals surface area contributed by atoms with Crippen molar-refractivity contribution in [1.82, 2.24) is 5.32 Å². The number of amides is 1. The molecule has 19 heavy (non-hydrogen) atoms. The van der Waals surface area contributed by atoms with E-state index in [2.05, 4.69) is 21.2 Å². The second kappa shape index (κ2) is 5.16. The van der Waals surface area contributed by atoms with Crippen molar-refractivity contribution in [3.05, 3.63) is 28.2 Å². The summed E-state index contributed by atoms with van der Waals surface area (Å²) in [7, 11) is 0. The molecule has 0 aromatic heterocycles. The molecular weight excluding hydrogens is 304 g/mol. The predicted molar refractivity (Wildman–Crippen MR) is 79.8 cm³/mol. The quantitative estimate of drug-likeness (QED) is 0.839. The molecule has 4 heteroatoms. The van der Waals surface area contributed by atoms with Gasteiger partial charge in [-0.15, -0.1) is 0 Å². The van der Waals surface area contributed by atoms with Crippen LogP contribution in [0.25, 0.3) is 0 Å². The molecule has 0 saturated heterocycles. The summed E-state index contributed by atoms with van der Waals surface area (Å²) in [6.07, 6.45) is 5.43. The molecule has 2 bridgehead atoms. The molecule has 0 aliphatic heterocycles. The molecular formula is C15H19BrN2O. The summed E-state index contributed by atoms with van der Waals surface area (Å²) in [5.41, 5.74) is 7.03. The van der Waals surface area contributed by atoms with Crippen molar-refractivity contribution in [3.8, 4) is 0 Å². The van der Waals surface area contributed by atoms with Gasteiger partial charge in [-0.3, -0.25) is 4.79 Å². The maximum atomic E-state index is 12.2. The van der Waals surface area contributed by atoms with Crippen molar-refractivity contribution in [2.24, 2.45) is 17.8 Å². The highest BCUT2D eigenvalue weighted by atomic mass is 79.9. The van der Waals surface area contributed by atoms with Gasteiger partial charge in [-0.2, -0.15) is 0 Å². The molecule has 1 aromatic carbocycles. The van der Waals surface area contributed by atoms with Gasteiger partial charge in [0.05, 0.1) is 10.0 Å². The van der Waals surface area contributed by atoms with Crippen LogP contribution in [-0.2, 0) is 0 Å². The smallest absolute Gasteiger partial charge is 0.252 e. The molecule has 3 nitrogen and oxygen atoms in total. The Morgan fingerprint density at radius 2 is 2.21 bits per heavy atom. The van der Waals surface area contributed by atoms with Crippen molar-refractivity contribution in [2.75, 3.05) is 12.3 Å². The van der Waals surface area contributed by atoms with Crippen LogP contribution in [0.4, 0.5) is 5.69 Å². The third kappa shape index (κ3) is 2.50. The van der Waals surface area contributed by atoms with Gasteiger partial charge in [0.1, 0.15) is 0 Å². The highest BCUT2D eigenvalue weighted by Gasteiger charge is 2.39. The standard InChI is InChI=1S/C15H19BrN2O/c16-14-12(2-1-3-13(14)17)15(19)18-8-11-7-9-4-5-10(11)6-9/h1-3,9-11H,4-8,17H2,(H,18,19). The third-order valence-corrected chi connectivity index (χ3v) is 5.57. The van der Waals surface area contributed by atoms with E-state index in [1.54, 1.807) is 12.1 Å². The van der Waals surface area contributed by atoms with Gasteiger partial charge < -0.3 is 11.1 Å². The Morgan fingerprint density at radius 3 is 2.89 bits per heavy atom. The van der Waals surface area contributed by atoms with E-state index in [0.29, 0.717) is 21.6 Å². The Bertz CT molecular complexity index is 503. The van der Waals surface area contributed by atoms with Crippen LogP contribution in [0.1, 0.15) is 36.0 Å². The molecule has 2 aliphatic carbocycles. The second-order valence-electron chi connectivity index (χ2n) is 5.85. The Balaban J connectivity index is 1.61. The van der Waals surface area contributed by atoms with E-state index in [9.17, 15) is 4.79 Å². The molecule has 2 aliphatic rings. The van der Waals surface area contributed by atoms with Crippen LogP contribution in [0.2, 0.25) is 0 Å². The Kier molecular flexibility index (Phi) is 3.52. The number of carbonyl (C=O) groups excluding carboxylic acids is 1. The Hall–Kier alpha value is -1.03. The highest BCUT2D eigenvalue weighted by molar-refractivity contribution is 9.10. The molecule has 3 unspecified atom stereocenters. The van der Waals surface area contributed by atoms with Crippen molar-refractivity contribution in [3.63, 3.8) is 0 Å². The number of anilines is 1. The van der Waals surface area contributed by atoms with Gasteiger partial charge >= 0.3 is 0 Å². The van der Waals surface area contributed by atoms with Gasteiger partial charge in [0, 0.05) is 12.2 Å². The molecule has 102 valence electrons. The Morgan fingerprint density at radius 1 is 1.37 bits per heavy atom. The van der Waals surface area contributed by atoms with Gasteiger partial charge in [-0.05, 0) is 65.1 Å². The van der Waals surface area contributed by atoms with E-state index in [-0.39, 0.29) is 5.91 Å². The lowest BCUT2D eigenvalue weighted by Crippen LogP contribution is -2.31. The number of rotatable bonds is 3. The van der Waals surface area contributed by atoms with Crippen molar-refractivity contribution in [1.29, 1.82) is 0 Å². The number of nitrogens with one attached hydrogen (secondary N) is 1. The van der Waals surface area contributed by atoms with Crippen LogP contribution in [0.3, 0.4) is 0 Å². The van der Waals surface area contributed by atoms with Crippen LogP contribution >= 0.6 is 15.9 Å². The van der Waals surface area contributed by atoms with E-state index < -0.39 is 0 Å². The number of hydrogen-bond acceptors (Lipinski definition) is 2. The zero-order valence-corrected chi connectivity index (χ0v) is 12.4. The summed E-state index contributed by atoms with van der Waals surface area (Å²) in [6.45, 7) is 0.807. The number of hydrogen-bond donors (Lipinski definition) is 2. The summed E-state index contributed by atoms with van der Waals surface area (Å²) >= 11 is 3.38. The largest absolute Gasteiger partial charge is 0.398 e. The maximum absolute atomic E-state index is 12.2. The molecule has 0 radical (unpaired) electrons. The maximum Gasteiger partial charge on any atom is 0.252 e. The minimum atomic E-state index is -0.0260. The first-order valence-electron chi connectivity index (χ1n) is 6.97. The molecule has 1 aromatic rings. The average molecular weight is 323 g/mol. The van der Waals surface area contributed by atoms with Gasteiger partial charge in [0.15, 0.2) is 0 Å². The monoisotopic (exact) mass is 322 g/mol. The summed E-state index contributed by atoms with van der Waals surface area (Å²) in [5, 5.41) is 3.07. The van der Waals surface area contributed by atoms with Crippen LogP contribution in [0, 0.1) is 17.8 Å². The minimum absolute atomic E-state index is 0.0260. The first-order valence-corrected chi connectivity index (χ1v) is 7.76. The van der Waals surface area contributed by atoms with Crippen molar-refractivity contribution in [2.45, 2.75) is 25.7 Å². The summed E-state index contributed by atoms with van der Waals surface area (Å²) < 4.78 is 0.695. The average Bonchev–Trinajstić information content (AvgIpc) is 3.01. The number of fused-ring (bicyclic) bond motifs is 2. The predicted octanol–water partition coefficient (Wildman–Crippen LogP) is 3.20. The van der Waals surface area contributed by atoms with Gasteiger partial charge in [-0.25, -0.2) is 0 Å². The number of nitrogens with two attached hydrogens (primary N) is 1. The van der Waals surface area contributed by atoms with Gasteiger partial charge in [0.25, 0.3) is 5.91 Å². The lowest BCUT2D eigenvalue weighted by molar-refractivity contribution is 0.0941. The molecule has 1 amide bonds. The van der Waals surface area contributed by atoms with E-state index in [1.807, 2.05) is 6.07 Å². The molecule has 2 saturated carbocycles. The summed E-state index contributed by atoms with van der Waals surface area (Å²) in [4.78, 5) is 12.2. The van der Waals surface area contributed by atoms with E-state index in [4.69, 9.17) is 5.73 Å². The molecule has 2 fully saturated rings. The fourth-order valence-electron chi connectivity index (χ4n) is 3.67. The van der Waals surface area contributed by atoms with E-state index in [1.165, 1.54) is 25.7 Å². The second-order valence-corrected chi connectivity index (χ2v) is 6.65. The summed E-state index contributed by atoms with van der Waals surface area (Å²) in [5.74, 6) is 2.42. The normalized spacial score (nSPS) is 28.6. The molecule has 3 N–H and O–H groups in total. The lowest BCUT2D eigenvalue weighted by atomic mass is 9.89. The van der Waals surface area contributed by atoms with Gasteiger partial charge in [-0.1, -0.05) is 12.5 Å². The lowest BCUT2D eigenvalue weighted by Gasteiger charge is -2.22. The topological polar surface area (TPSA) is 55.1 Å². The number of halogens is 1. The first kappa shape index (κ1) is 13.0. The molecule has 0 heterocycles. The number of nitrogen functional groups attached to an aromatic ring is 1. The number of carbonyl (C=O) groups is 1. The van der Waals surface area contributed by atoms with E-state index >= 15 is 0 Å². The van der Waals surface area contributed by atoms with Crippen LogP contribution < -0.4 is 11.1 Å². The molecule has 3 rings (SSSR count). The fraction of sp³-hybridized carbons (Fsp3) is 0.533. The van der Waals surface area contributed by atoms with Gasteiger partial charge in [0.2, 0.25) is 0 Å².